The molecule has 2 atom stereocenters. The first-order valence-corrected chi connectivity index (χ1v) is 18.4. The van der Waals surface area contributed by atoms with Gasteiger partial charge in [0.05, 0.1) is 36.3 Å². The van der Waals surface area contributed by atoms with Crippen LogP contribution in [0.4, 0.5) is 21.1 Å². The van der Waals surface area contributed by atoms with Gasteiger partial charge in [-0.1, -0.05) is 30.3 Å². The van der Waals surface area contributed by atoms with Crippen molar-refractivity contribution in [1.82, 2.24) is 24.7 Å². The molecule has 3 aliphatic heterocycles. The minimum atomic E-state index is -1.01. The van der Waals surface area contributed by atoms with Crippen LogP contribution < -0.4 is 14.5 Å². The number of aryl methyl sites for hydroxylation is 1. The van der Waals surface area contributed by atoms with Gasteiger partial charge in [0.25, 0.3) is 0 Å². The molecule has 7 rings (SSSR count). The van der Waals surface area contributed by atoms with E-state index < -0.39 is 17.7 Å². The van der Waals surface area contributed by atoms with E-state index >= 15 is 0 Å². The number of benzene rings is 2. The van der Waals surface area contributed by atoms with E-state index in [1.165, 1.54) is 26.9 Å². The number of hydrogen-bond donors (Lipinski definition) is 1. The number of likely N-dealkylation sites (tertiary alicyclic amines) is 1. The highest BCUT2D eigenvalue weighted by molar-refractivity contribution is 5.97. The molecule has 2 saturated heterocycles. The third-order valence-corrected chi connectivity index (χ3v) is 11.2. The Labute approximate surface area is 305 Å². The number of hydrogen-bond acceptors (Lipinski definition) is 10. The molecule has 0 unspecified atom stereocenters. The highest BCUT2D eigenvalue weighted by atomic mass is 16.6. The first kappa shape index (κ1) is 35.6. The number of likely N-dealkylation sites (N-methyl/N-ethyl adjacent to an activating group) is 1. The highest BCUT2D eigenvalue weighted by Gasteiger charge is 2.52. The molecule has 3 aromatic rings. The van der Waals surface area contributed by atoms with Gasteiger partial charge >= 0.3 is 18.2 Å². The zero-order valence-electron chi connectivity index (χ0n) is 31.0. The van der Waals surface area contributed by atoms with Crippen molar-refractivity contribution < 1.29 is 24.2 Å². The van der Waals surface area contributed by atoms with Crippen LogP contribution >= 0.6 is 0 Å². The van der Waals surface area contributed by atoms with Crippen LogP contribution in [0.3, 0.4) is 0 Å². The molecule has 0 bridgehead atoms. The molecule has 52 heavy (non-hydrogen) atoms. The average Bonchev–Trinajstić information content (AvgIpc) is 3.74. The predicted octanol–water partition coefficient (Wildman–Crippen LogP) is 5.44. The smallest absolute Gasteiger partial charge is 0.410 e. The molecule has 13 nitrogen and oxygen atoms in total. The normalized spacial score (nSPS) is 21.4. The second kappa shape index (κ2) is 14.0. The fourth-order valence-corrected chi connectivity index (χ4v) is 8.14. The molecule has 276 valence electrons. The summed E-state index contributed by atoms with van der Waals surface area (Å²) < 4.78 is 12.2. The van der Waals surface area contributed by atoms with Crippen LogP contribution in [0.25, 0.3) is 10.8 Å². The molecule has 1 saturated carbocycles. The molecule has 1 aromatic heterocycles. The Bertz CT molecular complexity index is 1880. The zero-order valence-corrected chi connectivity index (χ0v) is 31.0. The molecule has 13 heteroatoms. The Morgan fingerprint density at radius 2 is 1.83 bits per heavy atom. The lowest BCUT2D eigenvalue weighted by atomic mass is 9.99. The van der Waals surface area contributed by atoms with E-state index in [1.807, 2.05) is 27.8 Å². The Morgan fingerprint density at radius 3 is 2.54 bits per heavy atom. The third-order valence-electron chi connectivity index (χ3n) is 11.2. The standard InChI is InChI=1S/C39H50N8O5/c1-26-8-6-9-27-10-7-11-32(33(26)27)44-18-14-30-31(24-44)41-35(42-34(30)45-20-21-47(36(48)49)29(22-45)12-17-40)51-25-39(15-16-39)46-19-13-28(23-46)43(5)37(50)52-38(2,3)4/h6-11,28-29H,12-16,18-25H2,1-5H3,(H,48,49)/t28-,29-/m0/s1. The summed E-state index contributed by atoms with van der Waals surface area (Å²) in [5, 5.41) is 21.8. The van der Waals surface area contributed by atoms with Crippen LogP contribution in [-0.2, 0) is 17.7 Å². The predicted molar refractivity (Wildman–Crippen MR) is 198 cm³/mol. The number of carbonyl (C=O) groups excluding carboxylic acids is 1. The maximum absolute atomic E-state index is 12.8. The number of carbonyl (C=O) groups is 2. The van der Waals surface area contributed by atoms with Gasteiger partial charge in [-0.15, -0.1) is 0 Å². The molecule has 0 radical (unpaired) electrons. The van der Waals surface area contributed by atoms with Gasteiger partial charge in [-0.3, -0.25) is 4.90 Å². The molecular weight excluding hydrogens is 660 g/mol. The Morgan fingerprint density at radius 1 is 1.06 bits per heavy atom. The number of rotatable bonds is 8. The number of aromatic nitrogens is 2. The van der Waals surface area contributed by atoms with Crippen molar-refractivity contribution in [2.24, 2.45) is 0 Å². The van der Waals surface area contributed by atoms with Crippen molar-refractivity contribution in [2.45, 2.75) is 89.6 Å². The van der Waals surface area contributed by atoms with Gasteiger partial charge in [0.2, 0.25) is 0 Å². The average molecular weight is 711 g/mol. The van der Waals surface area contributed by atoms with E-state index in [9.17, 15) is 20.0 Å². The fourth-order valence-electron chi connectivity index (χ4n) is 8.14. The van der Waals surface area contributed by atoms with Crippen molar-refractivity contribution in [1.29, 1.82) is 5.26 Å². The van der Waals surface area contributed by atoms with Gasteiger partial charge in [-0.2, -0.15) is 15.2 Å². The number of piperazine rings is 1. The van der Waals surface area contributed by atoms with Gasteiger partial charge in [-0.05, 0) is 70.4 Å². The monoisotopic (exact) mass is 710 g/mol. The molecular formula is C39H50N8O5. The lowest BCUT2D eigenvalue weighted by Crippen LogP contribution is -2.55. The van der Waals surface area contributed by atoms with Gasteiger partial charge in [0, 0.05) is 69.0 Å². The van der Waals surface area contributed by atoms with E-state index in [-0.39, 0.29) is 30.6 Å². The van der Waals surface area contributed by atoms with Crippen molar-refractivity contribution >= 4 is 34.5 Å². The molecule has 1 N–H and O–H groups in total. The Hall–Kier alpha value is -4.83. The molecule has 4 aliphatic rings. The molecule has 0 spiro atoms. The summed E-state index contributed by atoms with van der Waals surface area (Å²) in [6.45, 7) is 12.3. The highest BCUT2D eigenvalue weighted by Crippen LogP contribution is 2.44. The van der Waals surface area contributed by atoms with Gasteiger partial charge in [-0.25, -0.2) is 9.59 Å². The summed E-state index contributed by atoms with van der Waals surface area (Å²) in [5.41, 5.74) is 3.66. The molecule has 2 aromatic carbocycles. The maximum Gasteiger partial charge on any atom is 0.410 e. The summed E-state index contributed by atoms with van der Waals surface area (Å²) in [7, 11) is 1.82. The number of ether oxygens (including phenoxy) is 2. The van der Waals surface area contributed by atoms with Crippen LogP contribution in [-0.4, -0.2) is 118 Å². The van der Waals surface area contributed by atoms with Crippen LogP contribution in [0, 0.1) is 18.3 Å². The van der Waals surface area contributed by atoms with Crippen molar-refractivity contribution in [3.63, 3.8) is 0 Å². The van der Waals surface area contributed by atoms with Gasteiger partial charge in [0.15, 0.2) is 0 Å². The molecule has 1 aliphatic carbocycles. The van der Waals surface area contributed by atoms with Crippen LogP contribution in [0.15, 0.2) is 36.4 Å². The number of carboxylic acid groups (broad SMARTS) is 1. The minimum absolute atomic E-state index is 0.0634. The number of nitrogens with zero attached hydrogens (tertiary/aromatic N) is 8. The first-order chi connectivity index (χ1) is 24.9. The van der Waals surface area contributed by atoms with E-state index in [0.29, 0.717) is 32.3 Å². The fraction of sp³-hybridized carbons (Fsp3) is 0.564. The van der Waals surface area contributed by atoms with E-state index in [2.05, 4.69) is 64.1 Å². The molecule has 2 amide bonds. The first-order valence-electron chi connectivity index (χ1n) is 18.4. The van der Waals surface area contributed by atoms with Crippen molar-refractivity contribution in [3.05, 3.63) is 53.2 Å². The van der Waals surface area contributed by atoms with E-state index in [1.54, 1.807) is 4.90 Å². The lowest BCUT2D eigenvalue weighted by molar-refractivity contribution is 0.0219. The van der Waals surface area contributed by atoms with Crippen LogP contribution in [0.5, 0.6) is 6.01 Å². The van der Waals surface area contributed by atoms with Gasteiger partial charge in [0.1, 0.15) is 18.0 Å². The van der Waals surface area contributed by atoms with Crippen LogP contribution in [0.1, 0.15) is 63.3 Å². The maximum atomic E-state index is 12.8. The zero-order chi connectivity index (χ0) is 36.8. The van der Waals surface area contributed by atoms with Gasteiger partial charge < -0.3 is 34.2 Å². The summed E-state index contributed by atoms with van der Waals surface area (Å²) in [6, 6.07) is 14.9. The topological polar surface area (TPSA) is 139 Å². The summed E-state index contributed by atoms with van der Waals surface area (Å²) in [4.78, 5) is 45.0. The molecule has 4 heterocycles. The minimum Gasteiger partial charge on any atom is -0.465 e. The number of nitriles is 1. The summed E-state index contributed by atoms with van der Waals surface area (Å²) in [6.07, 6.45) is 2.38. The third kappa shape index (κ3) is 7.13. The Kier molecular flexibility index (Phi) is 9.54. The van der Waals surface area contributed by atoms with Crippen LogP contribution in [0.2, 0.25) is 0 Å². The van der Waals surface area contributed by atoms with E-state index in [4.69, 9.17) is 19.4 Å². The lowest BCUT2D eigenvalue weighted by Gasteiger charge is -2.41. The largest absolute Gasteiger partial charge is 0.465 e. The Balaban J connectivity index is 1.14. The van der Waals surface area contributed by atoms with E-state index in [0.717, 1.165) is 62.4 Å². The second-order valence-electron chi connectivity index (χ2n) is 15.8. The number of amides is 2. The number of fused-ring (bicyclic) bond motifs is 2. The van der Waals surface area contributed by atoms with Crippen molar-refractivity contribution in [3.8, 4) is 12.1 Å². The number of anilines is 2. The quantitative estimate of drug-likeness (QED) is 0.320. The molecule has 3 fully saturated rings. The van der Waals surface area contributed by atoms with Crippen molar-refractivity contribution in [2.75, 3.05) is 62.7 Å². The SMILES string of the molecule is Cc1cccc2cccc(N3CCc4c(nc(OCC5(N6CC[C@H](N(C)C(=O)OC(C)(C)C)C6)CC5)nc4N4CCN(C(=O)O)[C@@H](CC#N)C4)C3)c12. The summed E-state index contributed by atoms with van der Waals surface area (Å²) in [5.74, 6) is 0.770. The second-order valence-corrected chi connectivity index (χ2v) is 15.8. The summed E-state index contributed by atoms with van der Waals surface area (Å²) >= 11 is 0.